The minimum absolute atomic E-state index is 0.390. The van der Waals surface area contributed by atoms with Crippen molar-refractivity contribution in [3.05, 3.63) is 16.1 Å². The molecule has 4 nitrogen and oxygen atoms in total. The van der Waals surface area contributed by atoms with Gasteiger partial charge in [-0.3, -0.25) is 0 Å². The van der Waals surface area contributed by atoms with Crippen LogP contribution in [0.4, 0.5) is 4.79 Å². The summed E-state index contributed by atoms with van der Waals surface area (Å²) in [7, 11) is 0. The summed E-state index contributed by atoms with van der Waals surface area (Å²) in [5.74, 6) is 0.428. The molecule has 84 valence electrons. The van der Waals surface area contributed by atoms with E-state index in [1.54, 1.807) is 18.3 Å². The number of alkyl carbamates (subject to hydrolysis) is 1. The van der Waals surface area contributed by atoms with Gasteiger partial charge in [-0.15, -0.1) is 11.3 Å². The molecule has 0 radical (unpaired) electrons. The average Bonchev–Trinajstić information content (AvgIpc) is 2.63. The summed E-state index contributed by atoms with van der Waals surface area (Å²) in [5, 5.41) is 5.57. The third-order valence-corrected chi connectivity index (χ3v) is 2.69. The molecule has 0 aliphatic carbocycles. The molecule has 0 saturated heterocycles. The molecule has 0 bridgehead atoms. The van der Waals surface area contributed by atoms with Crippen molar-refractivity contribution >= 4 is 17.4 Å². The van der Waals surface area contributed by atoms with E-state index in [4.69, 9.17) is 4.74 Å². The normalized spacial score (nSPS) is 10.4. The maximum absolute atomic E-state index is 11.0. The maximum atomic E-state index is 11.0. The molecule has 0 unspecified atom stereocenters. The molecular weight excluding hydrogens is 212 g/mol. The van der Waals surface area contributed by atoms with Crippen molar-refractivity contribution in [1.29, 1.82) is 0 Å². The summed E-state index contributed by atoms with van der Waals surface area (Å²) in [5.41, 5.74) is 1.07. The maximum Gasteiger partial charge on any atom is 0.407 e. The molecule has 0 aromatic carbocycles. The lowest BCUT2D eigenvalue weighted by molar-refractivity contribution is 0.151. The smallest absolute Gasteiger partial charge is 0.407 e. The van der Waals surface area contributed by atoms with Gasteiger partial charge in [0, 0.05) is 5.38 Å². The molecule has 15 heavy (non-hydrogen) atoms. The molecule has 1 amide bonds. The Kier molecular flexibility index (Phi) is 4.55. The molecule has 5 heteroatoms. The zero-order chi connectivity index (χ0) is 11.3. The number of nitrogens with one attached hydrogen (secondary N) is 1. The van der Waals surface area contributed by atoms with Gasteiger partial charge in [-0.1, -0.05) is 13.8 Å². The van der Waals surface area contributed by atoms with E-state index in [0.29, 0.717) is 19.1 Å². The molecule has 1 heterocycles. The largest absolute Gasteiger partial charge is 0.450 e. The predicted molar refractivity (Wildman–Crippen MR) is 60.1 cm³/mol. The SMILES string of the molecule is CCOC(=O)NCc1nc(C(C)C)cs1. The van der Waals surface area contributed by atoms with Gasteiger partial charge in [0.15, 0.2) is 0 Å². The zero-order valence-corrected chi connectivity index (χ0v) is 10.1. The number of aromatic nitrogens is 1. The van der Waals surface area contributed by atoms with Crippen molar-refractivity contribution in [3.8, 4) is 0 Å². The fraction of sp³-hybridized carbons (Fsp3) is 0.600. The van der Waals surface area contributed by atoms with Gasteiger partial charge in [0.05, 0.1) is 18.8 Å². The van der Waals surface area contributed by atoms with E-state index in [1.807, 2.05) is 5.38 Å². The number of thiazole rings is 1. The Morgan fingerprint density at radius 2 is 2.40 bits per heavy atom. The second-order valence-corrected chi connectivity index (χ2v) is 4.34. The van der Waals surface area contributed by atoms with Crippen LogP contribution in [0.5, 0.6) is 0 Å². The van der Waals surface area contributed by atoms with Crippen LogP contribution >= 0.6 is 11.3 Å². The molecule has 0 fully saturated rings. The molecule has 0 aliphatic rings. The molecule has 0 spiro atoms. The fourth-order valence-electron chi connectivity index (χ4n) is 1.00. The van der Waals surface area contributed by atoms with Crippen LogP contribution in [0.3, 0.4) is 0 Å². The highest BCUT2D eigenvalue weighted by molar-refractivity contribution is 7.09. The predicted octanol–water partition coefficient (Wildman–Crippen LogP) is 2.51. The lowest BCUT2D eigenvalue weighted by Gasteiger charge is -2.02. The number of hydrogen-bond donors (Lipinski definition) is 1. The second-order valence-electron chi connectivity index (χ2n) is 3.39. The van der Waals surface area contributed by atoms with E-state index >= 15 is 0 Å². The molecule has 1 N–H and O–H groups in total. The number of rotatable bonds is 4. The van der Waals surface area contributed by atoms with Gasteiger partial charge in [0.1, 0.15) is 5.01 Å². The number of ether oxygens (including phenoxy) is 1. The Bertz CT molecular complexity index is 323. The fourth-order valence-corrected chi connectivity index (χ4v) is 1.90. The zero-order valence-electron chi connectivity index (χ0n) is 9.24. The van der Waals surface area contributed by atoms with Crippen molar-refractivity contribution < 1.29 is 9.53 Å². The van der Waals surface area contributed by atoms with Crippen LogP contribution in [0, 0.1) is 0 Å². The van der Waals surface area contributed by atoms with Crippen LogP contribution in [0.15, 0.2) is 5.38 Å². The Morgan fingerprint density at radius 1 is 1.67 bits per heavy atom. The van der Waals surface area contributed by atoms with Crippen LogP contribution in [0.25, 0.3) is 0 Å². The molecule has 1 aromatic heterocycles. The van der Waals surface area contributed by atoms with E-state index in [9.17, 15) is 4.79 Å². The molecule has 1 aromatic rings. The minimum Gasteiger partial charge on any atom is -0.450 e. The molecular formula is C10H16N2O2S. The summed E-state index contributed by atoms with van der Waals surface area (Å²) in [6.07, 6.45) is -0.390. The second kappa shape index (κ2) is 5.70. The summed E-state index contributed by atoms with van der Waals surface area (Å²) in [6, 6.07) is 0. The highest BCUT2D eigenvalue weighted by Crippen LogP contribution is 2.17. The van der Waals surface area contributed by atoms with Crippen LogP contribution in [-0.4, -0.2) is 17.7 Å². The van der Waals surface area contributed by atoms with Gasteiger partial charge in [-0.25, -0.2) is 9.78 Å². The van der Waals surface area contributed by atoms with Crippen molar-refractivity contribution in [2.24, 2.45) is 0 Å². The molecule has 0 aliphatic heterocycles. The third-order valence-electron chi connectivity index (χ3n) is 1.82. The van der Waals surface area contributed by atoms with Crippen molar-refractivity contribution in [2.45, 2.75) is 33.2 Å². The van der Waals surface area contributed by atoms with E-state index < -0.39 is 6.09 Å². The van der Waals surface area contributed by atoms with E-state index in [2.05, 4.69) is 24.1 Å². The summed E-state index contributed by atoms with van der Waals surface area (Å²) in [4.78, 5) is 15.4. The summed E-state index contributed by atoms with van der Waals surface area (Å²) >= 11 is 1.56. The first-order valence-electron chi connectivity index (χ1n) is 4.98. The van der Waals surface area contributed by atoms with E-state index in [1.165, 1.54) is 0 Å². The number of carbonyl (C=O) groups is 1. The molecule has 0 atom stereocenters. The first kappa shape index (κ1) is 12.0. The highest BCUT2D eigenvalue weighted by Gasteiger charge is 2.06. The standard InChI is InChI=1S/C10H16N2O2S/c1-4-14-10(13)11-5-9-12-8(6-15-9)7(2)3/h6-7H,4-5H2,1-3H3,(H,11,13). The van der Waals surface area contributed by atoms with Gasteiger partial charge in [0.25, 0.3) is 0 Å². The lowest BCUT2D eigenvalue weighted by Crippen LogP contribution is -2.23. The lowest BCUT2D eigenvalue weighted by atomic mass is 10.2. The molecule has 1 rings (SSSR count). The van der Waals surface area contributed by atoms with E-state index in [0.717, 1.165) is 10.7 Å². The third kappa shape index (κ3) is 3.87. The van der Waals surface area contributed by atoms with Gasteiger partial charge in [0.2, 0.25) is 0 Å². The van der Waals surface area contributed by atoms with Crippen molar-refractivity contribution in [3.63, 3.8) is 0 Å². The number of carbonyl (C=O) groups excluding carboxylic acids is 1. The van der Waals surface area contributed by atoms with E-state index in [-0.39, 0.29) is 0 Å². The summed E-state index contributed by atoms with van der Waals surface area (Å²) in [6.45, 7) is 6.80. The first-order valence-corrected chi connectivity index (χ1v) is 5.86. The van der Waals surface area contributed by atoms with Crippen LogP contribution in [-0.2, 0) is 11.3 Å². The average molecular weight is 228 g/mol. The number of hydrogen-bond acceptors (Lipinski definition) is 4. The topological polar surface area (TPSA) is 51.2 Å². The van der Waals surface area contributed by atoms with Crippen molar-refractivity contribution in [1.82, 2.24) is 10.3 Å². The quantitative estimate of drug-likeness (QED) is 0.861. The highest BCUT2D eigenvalue weighted by atomic mass is 32.1. The monoisotopic (exact) mass is 228 g/mol. The van der Waals surface area contributed by atoms with Crippen LogP contribution in [0.2, 0.25) is 0 Å². The Morgan fingerprint density at radius 3 is 2.93 bits per heavy atom. The summed E-state index contributed by atoms with van der Waals surface area (Å²) < 4.78 is 4.74. The molecule has 0 saturated carbocycles. The number of amides is 1. The van der Waals surface area contributed by atoms with Crippen LogP contribution < -0.4 is 5.32 Å². The Labute approximate surface area is 93.7 Å². The van der Waals surface area contributed by atoms with Crippen molar-refractivity contribution in [2.75, 3.05) is 6.61 Å². The Balaban J connectivity index is 2.41. The van der Waals surface area contributed by atoms with Crippen LogP contribution in [0.1, 0.15) is 37.4 Å². The van der Waals surface area contributed by atoms with Gasteiger partial charge in [-0.05, 0) is 12.8 Å². The van der Waals surface area contributed by atoms with Gasteiger partial charge < -0.3 is 10.1 Å². The minimum atomic E-state index is -0.390. The number of nitrogens with zero attached hydrogens (tertiary/aromatic N) is 1. The first-order chi connectivity index (χ1) is 7.13. The van der Waals surface area contributed by atoms with Gasteiger partial charge in [-0.2, -0.15) is 0 Å². The van der Waals surface area contributed by atoms with Gasteiger partial charge >= 0.3 is 6.09 Å². The Hall–Kier alpha value is -1.10.